The summed E-state index contributed by atoms with van der Waals surface area (Å²) >= 11 is 1.31. The Labute approximate surface area is 266 Å². The standard InChI is InChI=1S/C35H33N3O6S/c1-4-44-35(42)25-17-19-27(20-18-25)36-32(39)23(2)45-29-15-10-14-28(22-29)37-34(41)30(21-26-13-8-9-16-31(26)43-3)38-33(40)24-11-6-5-7-12-24/h5-23H,4H2,1-3H3,(H,36,39)(H,37,41)(H,38,40)/b30-21+. The first-order valence-corrected chi connectivity index (χ1v) is 15.0. The zero-order valence-electron chi connectivity index (χ0n) is 25.0. The minimum Gasteiger partial charge on any atom is -0.496 e. The molecule has 3 N–H and O–H groups in total. The smallest absolute Gasteiger partial charge is 0.338 e. The van der Waals surface area contributed by atoms with Gasteiger partial charge in [0.05, 0.1) is 24.5 Å². The molecule has 0 fully saturated rings. The number of hydrogen-bond acceptors (Lipinski definition) is 7. The van der Waals surface area contributed by atoms with Gasteiger partial charge in [-0.25, -0.2) is 4.79 Å². The second-order valence-corrected chi connectivity index (χ2v) is 11.1. The zero-order valence-corrected chi connectivity index (χ0v) is 25.9. The minimum absolute atomic E-state index is 0.0214. The second-order valence-electron chi connectivity index (χ2n) is 9.65. The third-order valence-corrected chi connectivity index (χ3v) is 7.50. The summed E-state index contributed by atoms with van der Waals surface area (Å²) in [5, 5.41) is 7.94. The van der Waals surface area contributed by atoms with Crippen molar-refractivity contribution in [3.8, 4) is 5.75 Å². The Morgan fingerprint density at radius 3 is 2.22 bits per heavy atom. The van der Waals surface area contributed by atoms with E-state index in [2.05, 4.69) is 16.0 Å². The lowest BCUT2D eigenvalue weighted by atomic mass is 10.1. The van der Waals surface area contributed by atoms with Crippen LogP contribution in [0.3, 0.4) is 0 Å². The Morgan fingerprint density at radius 1 is 0.800 bits per heavy atom. The van der Waals surface area contributed by atoms with Crippen molar-refractivity contribution in [3.63, 3.8) is 0 Å². The Balaban J connectivity index is 1.45. The number of amides is 3. The van der Waals surface area contributed by atoms with E-state index in [9.17, 15) is 19.2 Å². The maximum absolute atomic E-state index is 13.5. The van der Waals surface area contributed by atoms with Crippen LogP contribution < -0.4 is 20.7 Å². The number of ether oxygens (including phenoxy) is 2. The number of hydrogen-bond donors (Lipinski definition) is 3. The van der Waals surface area contributed by atoms with Crippen LogP contribution in [0.4, 0.5) is 11.4 Å². The summed E-state index contributed by atoms with van der Waals surface area (Å²) in [6.45, 7) is 3.79. The highest BCUT2D eigenvalue weighted by atomic mass is 32.2. The van der Waals surface area contributed by atoms with Gasteiger partial charge in [-0.1, -0.05) is 42.5 Å². The van der Waals surface area contributed by atoms with Gasteiger partial charge in [0, 0.05) is 27.4 Å². The van der Waals surface area contributed by atoms with Gasteiger partial charge in [0.15, 0.2) is 0 Å². The third-order valence-electron chi connectivity index (χ3n) is 6.41. The number of rotatable bonds is 12. The van der Waals surface area contributed by atoms with E-state index in [1.54, 1.807) is 111 Å². The van der Waals surface area contributed by atoms with Crippen molar-refractivity contribution in [2.24, 2.45) is 0 Å². The zero-order chi connectivity index (χ0) is 32.2. The van der Waals surface area contributed by atoms with E-state index in [0.717, 1.165) is 4.90 Å². The summed E-state index contributed by atoms with van der Waals surface area (Å²) in [6, 6.07) is 29.3. The SMILES string of the molecule is CCOC(=O)c1ccc(NC(=O)C(C)Sc2cccc(NC(=O)/C(=C\c3ccccc3OC)NC(=O)c3ccccc3)c2)cc1. The average Bonchev–Trinajstić information content (AvgIpc) is 3.05. The topological polar surface area (TPSA) is 123 Å². The van der Waals surface area contributed by atoms with Crippen LogP contribution >= 0.6 is 11.8 Å². The molecule has 3 amide bonds. The highest BCUT2D eigenvalue weighted by Crippen LogP contribution is 2.27. The first-order valence-electron chi connectivity index (χ1n) is 14.1. The van der Waals surface area contributed by atoms with Crippen LogP contribution in [0.2, 0.25) is 0 Å². The molecular formula is C35H33N3O6S. The molecule has 9 nitrogen and oxygen atoms in total. The summed E-state index contributed by atoms with van der Waals surface area (Å²) in [5.41, 5.74) is 2.46. The molecule has 0 spiro atoms. The lowest BCUT2D eigenvalue weighted by Crippen LogP contribution is -2.30. The van der Waals surface area contributed by atoms with E-state index in [1.807, 2.05) is 12.1 Å². The minimum atomic E-state index is -0.538. The van der Waals surface area contributed by atoms with Gasteiger partial charge in [0.25, 0.3) is 11.8 Å². The van der Waals surface area contributed by atoms with Crippen molar-refractivity contribution in [1.29, 1.82) is 0 Å². The number of methoxy groups -OCH3 is 1. The molecule has 0 aliphatic carbocycles. The molecule has 230 valence electrons. The molecule has 1 unspecified atom stereocenters. The lowest BCUT2D eigenvalue weighted by Gasteiger charge is -2.14. The molecule has 4 aromatic rings. The van der Waals surface area contributed by atoms with E-state index < -0.39 is 23.0 Å². The predicted octanol–water partition coefficient (Wildman–Crippen LogP) is 6.40. The van der Waals surface area contributed by atoms with Crippen LogP contribution in [-0.4, -0.2) is 42.7 Å². The number of anilines is 2. The van der Waals surface area contributed by atoms with Crippen molar-refractivity contribution in [2.45, 2.75) is 24.0 Å². The molecule has 1 atom stereocenters. The lowest BCUT2D eigenvalue weighted by molar-refractivity contribution is -0.115. The largest absolute Gasteiger partial charge is 0.496 e. The number of carbonyl (C=O) groups excluding carboxylic acids is 4. The summed E-state index contributed by atoms with van der Waals surface area (Å²) in [4.78, 5) is 52.0. The number of esters is 1. The summed E-state index contributed by atoms with van der Waals surface area (Å²) in [5.74, 6) is -1.09. The van der Waals surface area contributed by atoms with E-state index in [-0.39, 0.29) is 18.2 Å². The molecule has 0 bridgehead atoms. The number of nitrogens with one attached hydrogen (secondary N) is 3. The fourth-order valence-corrected chi connectivity index (χ4v) is 5.06. The van der Waals surface area contributed by atoms with Crippen LogP contribution in [0, 0.1) is 0 Å². The highest BCUT2D eigenvalue weighted by Gasteiger charge is 2.18. The van der Waals surface area contributed by atoms with Crippen molar-refractivity contribution in [2.75, 3.05) is 24.4 Å². The van der Waals surface area contributed by atoms with Crippen LogP contribution in [0.25, 0.3) is 6.08 Å². The molecule has 4 rings (SSSR count). The van der Waals surface area contributed by atoms with Gasteiger partial charge in [-0.05, 0) is 80.6 Å². The first-order chi connectivity index (χ1) is 21.8. The predicted molar refractivity (Wildman–Crippen MR) is 176 cm³/mol. The number of benzene rings is 4. The Bertz CT molecular complexity index is 1690. The van der Waals surface area contributed by atoms with E-state index in [4.69, 9.17) is 9.47 Å². The van der Waals surface area contributed by atoms with Crippen LogP contribution in [0.1, 0.15) is 40.1 Å². The van der Waals surface area contributed by atoms with Crippen LogP contribution in [0.15, 0.2) is 114 Å². The number of thioether (sulfide) groups is 1. The third kappa shape index (κ3) is 9.32. The first kappa shape index (κ1) is 32.6. The van der Waals surface area contributed by atoms with Gasteiger partial charge in [-0.3, -0.25) is 14.4 Å². The van der Waals surface area contributed by atoms with Crippen molar-refractivity contribution >= 4 is 52.9 Å². The quantitative estimate of drug-likeness (QED) is 0.0948. The van der Waals surface area contributed by atoms with Gasteiger partial charge < -0.3 is 25.4 Å². The number of para-hydroxylation sites is 1. The molecule has 0 saturated heterocycles. The van der Waals surface area contributed by atoms with Gasteiger partial charge >= 0.3 is 5.97 Å². The van der Waals surface area contributed by atoms with Crippen molar-refractivity contribution in [1.82, 2.24) is 5.32 Å². The van der Waals surface area contributed by atoms with E-state index >= 15 is 0 Å². The van der Waals surface area contributed by atoms with Crippen molar-refractivity contribution in [3.05, 3.63) is 126 Å². The monoisotopic (exact) mass is 623 g/mol. The highest BCUT2D eigenvalue weighted by molar-refractivity contribution is 8.00. The maximum atomic E-state index is 13.5. The average molecular weight is 624 g/mol. The molecule has 10 heteroatoms. The summed E-state index contributed by atoms with van der Waals surface area (Å²) in [6.07, 6.45) is 1.55. The second kappa shape index (κ2) is 15.9. The Kier molecular flexibility index (Phi) is 11.5. The van der Waals surface area contributed by atoms with E-state index in [0.29, 0.717) is 33.8 Å². The van der Waals surface area contributed by atoms with E-state index in [1.165, 1.54) is 18.9 Å². The molecular weight excluding hydrogens is 590 g/mol. The Hall–Kier alpha value is -5.35. The summed E-state index contributed by atoms with van der Waals surface area (Å²) < 4.78 is 10.4. The fraction of sp³-hybridized carbons (Fsp3) is 0.143. The molecule has 0 aromatic heterocycles. The fourth-order valence-electron chi connectivity index (χ4n) is 4.13. The van der Waals surface area contributed by atoms with Crippen LogP contribution in [-0.2, 0) is 14.3 Å². The van der Waals surface area contributed by atoms with Gasteiger partial charge in [0.2, 0.25) is 5.91 Å². The van der Waals surface area contributed by atoms with Gasteiger partial charge in [-0.15, -0.1) is 11.8 Å². The normalized spacial score (nSPS) is 11.6. The molecule has 0 heterocycles. The molecule has 0 aliphatic rings. The van der Waals surface area contributed by atoms with Crippen molar-refractivity contribution < 1.29 is 28.7 Å². The molecule has 0 saturated carbocycles. The molecule has 0 radical (unpaired) electrons. The molecule has 4 aromatic carbocycles. The summed E-state index contributed by atoms with van der Waals surface area (Å²) in [7, 11) is 1.53. The van der Waals surface area contributed by atoms with Crippen LogP contribution in [0.5, 0.6) is 5.75 Å². The van der Waals surface area contributed by atoms with Gasteiger partial charge in [-0.2, -0.15) is 0 Å². The van der Waals surface area contributed by atoms with Gasteiger partial charge in [0.1, 0.15) is 11.4 Å². The Morgan fingerprint density at radius 2 is 1.51 bits per heavy atom. The molecule has 45 heavy (non-hydrogen) atoms. The molecule has 0 aliphatic heterocycles. The number of carbonyl (C=O) groups is 4. The maximum Gasteiger partial charge on any atom is 0.338 e.